The van der Waals surface area contributed by atoms with Crippen LogP contribution in [0.5, 0.6) is 11.5 Å². The third-order valence-electron chi connectivity index (χ3n) is 6.14. The molecule has 0 aliphatic carbocycles. The first-order valence-electron chi connectivity index (χ1n) is 12.5. The summed E-state index contributed by atoms with van der Waals surface area (Å²) in [6.07, 6.45) is 4.22. The summed E-state index contributed by atoms with van der Waals surface area (Å²) < 4.78 is 17.6. The number of rotatable bonds is 12. The summed E-state index contributed by atoms with van der Waals surface area (Å²) in [5, 5.41) is 0.708. The summed E-state index contributed by atoms with van der Waals surface area (Å²) in [5.41, 5.74) is 1.50. The molecule has 35 heavy (non-hydrogen) atoms. The van der Waals surface area contributed by atoms with E-state index in [9.17, 15) is 4.79 Å². The first kappa shape index (κ1) is 25.4. The van der Waals surface area contributed by atoms with Gasteiger partial charge in [0.1, 0.15) is 11.5 Å². The lowest BCUT2D eigenvalue weighted by Gasteiger charge is -2.27. The molecule has 2 heterocycles. The van der Waals surface area contributed by atoms with Crippen LogP contribution in [0, 0.1) is 0 Å². The number of fused-ring (bicyclic) bond motifs is 1. The number of benzene rings is 2. The molecule has 0 N–H and O–H groups in total. The van der Waals surface area contributed by atoms with Gasteiger partial charge < -0.3 is 14.2 Å². The lowest BCUT2D eigenvalue weighted by atomic mass is 10.2. The van der Waals surface area contributed by atoms with Crippen LogP contribution in [0.2, 0.25) is 0 Å². The fourth-order valence-electron chi connectivity index (χ4n) is 4.09. The molecular formula is C27H35N3O4S. The average molecular weight is 498 g/mol. The van der Waals surface area contributed by atoms with Gasteiger partial charge >= 0.3 is 0 Å². The predicted octanol–water partition coefficient (Wildman–Crippen LogP) is 5.24. The smallest absolute Gasteiger partial charge is 0.260 e. The molecule has 0 spiro atoms. The summed E-state index contributed by atoms with van der Waals surface area (Å²) in [4.78, 5) is 22.6. The van der Waals surface area contributed by atoms with Gasteiger partial charge in [-0.1, -0.05) is 31.1 Å². The minimum atomic E-state index is -0.0458. The number of anilines is 1. The van der Waals surface area contributed by atoms with Gasteiger partial charge in [-0.2, -0.15) is 0 Å². The van der Waals surface area contributed by atoms with E-state index < -0.39 is 0 Å². The van der Waals surface area contributed by atoms with Crippen LogP contribution in [0.25, 0.3) is 10.2 Å². The summed E-state index contributed by atoms with van der Waals surface area (Å²) in [6.45, 7) is 7.82. The molecule has 2 aromatic carbocycles. The number of hydrogen-bond donors (Lipinski definition) is 0. The number of hydrogen-bond acceptors (Lipinski definition) is 7. The zero-order chi connectivity index (χ0) is 24.5. The maximum atomic E-state index is 13.6. The van der Waals surface area contributed by atoms with Gasteiger partial charge in [-0.25, -0.2) is 4.98 Å². The Morgan fingerprint density at radius 2 is 1.86 bits per heavy atom. The molecule has 1 aromatic heterocycles. The highest BCUT2D eigenvalue weighted by molar-refractivity contribution is 7.22. The van der Waals surface area contributed by atoms with Gasteiger partial charge in [0, 0.05) is 31.7 Å². The number of nitrogens with zero attached hydrogens (tertiary/aromatic N) is 3. The molecule has 3 aromatic rings. The molecule has 4 rings (SSSR count). The Morgan fingerprint density at radius 1 is 1.09 bits per heavy atom. The summed E-state index contributed by atoms with van der Waals surface area (Å²) in [6, 6.07) is 13.3. The monoisotopic (exact) mass is 497 g/mol. The van der Waals surface area contributed by atoms with E-state index in [0.29, 0.717) is 23.8 Å². The Labute approximate surface area is 211 Å². The largest absolute Gasteiger partial charge is 0.497 e. The van der Waals surface area contributed by atoms with Crippen molar-refractivity contribution in [3.63, 3.8) is 0 Å². The Morgan fingerprint density at radius 3 is 2.60 bits per heavy atom. The lowest BCUT2D eigenvalue weighted by molar-refractivity contribution is 0.0376. The number of amides is 1. The van der Waals surface area contributed by atoms with E-state index in [2.05, 4.69) is 11.8 Å². The second-order valence-corrected chi connectivity index (χ2v) is 9.68. The summed E-state index contributed by atoms with van der Waals surface area (Å²) in [5.74, 6) is 1.53. The zero-order valence-corrected chi connectivity index (χ0v) is 21.5. The van der Waals surface area contributed by atoms with Crippen molar-refractivity contribution < 1.29 is 19.0 Å². The molecule has 1 fully saturated rings. The van der Waals surface area contributed by atoms with Crippen LogP contribution in [-0.4, -0.2) is 68.9 Å². The highest BCUT2D eigenvalue weighted by Gasteiger charge is 2.22. The van der Waals surface area contributed by atoms with Crippen LogP contribution in [0.1, 0.15) is 43.0 Å². The molecule has 1 amide bonds. The Bertz CT molecular complexity index is 1080. The van der Waals surface area contributed by atoms with Crippen molar-refractivity contribution in [3.8, 4) is 11.5 Å². The minimum Gasteiger partial charge on any atom is -0.497 e. The molecule has 1 saturated heterocycles. The second-order valence-electron chi connectivity index (χ2n) is 8.67. The maximum absolute atomic E-state index is 13.6. The van der Waals surface area contributed by atoms with Gasteiger partial charge in [-0.05, 0) is 55.3 Å². The molecule has 0 unspecified atom stereocenters. The average Bonchev–Trinajstić information content (AvgIpc) is 3.32. The van der Waals surface area contributed by atoms with E-state index in [1.165, 1.54) is 11.3 Å². The van der Waals surface area contributed by atoms with Gasteiger partial charge in [0.05, 0.1) is 37.1 Å². The van der Waals surface area contributed by atoms with Crippen molar-refractivity contribution in [1.29, 1.82) is 0 Å². The molecule has 188 valence electrons. The quantitative estimate of drug-likeness (QED) is 0.319. The summed E-state index contributed by atoms with van der Waals surface area (Å²) in [7, 11) is 1.65. The van der Waals surface area contributed by atoms with E-state index in [-0.39, 0.29) is 5.91 Å². The van der Waals surface area contributed by atoms with Crippen molar-refractivity contribution in [3.05, 3.63) is 48.0 Å². The fraction of sp³-hybridized carbons (Fsp3) is 0.481. The van der Waals surface area contributed by atoms with Gasteiger partial charge in [0.15, 0.2) is 5.13 Å². The topological polar surface area (TPSA) is 64.1 Å². The molecule has 0 radical (unpaired) electrons. The third kappa shape index (κ3) is 6.93. The van der Waals surface area contributed by atoms with Crippen LogP contribution in [0.4, 0.5) is 5.13 Å². The standard InChI is InChI=1S/C27H35N3O4S/c1-3-4-5-17-34-22-9-7-21(8-10-22)26(31)30(14-6-13-29-15-18-33-19-16-29)27-28-24-12-11-23(32-2)20-25(24)35-27/h7-12,20H,3-6,13-19H2,1-2H3. The lowest BCUT2D eigenvalue weighted by Crippen LogP contribution is -2.39. The van der Waals surface area contributed by atoms with Gasteiger partial charge in [0.2, 0.25) is 0 Å². The Kier molecular flexibility index (Phi) is 9.34. The molecule has 7 nitrogen and oxygen atoms in total. The van der Waals surface area contributed by atoms with Crippen molar-refractivity contribution in [2.24, 2.45) is 0 Å². The zero-order valence-electron chi connectivity index (χ0n) is 20.7. The van der Waals surface area contributed by atoms with Crippen LogP contribution in [-0.2, 0) is 4.74 Å². The molecular weight excluding hydrogens is 462 g/mol. The van der Waals surface area contributed by atoms with E-state index in [1.807, 2.05) is 47.4 Å². The molecule has 8 heteroatoms. The Balaban J connectivity index is 1.49. The summed E-state index contributed by atoms with van der Waals surface area (Å²) >= 11 is 1.52. The Hall–Kier alpha value is -2.68. The van der Waals surface area contributed by atoms with E-state index in [0.717, 1.165) is 80.2 Å². The normalized spacial score (nSPS) is 14.2. The van der Waals surface area contributed by atoms with Crippen LogP contribution in [0.3, 0.4) is 0 Å². The number of methoxy groups -OCH3 is 1. The molecule has 1 aliphatic heterocycles. The van der Waals surface area contributed by atoms with Crippen LogP contribution in [0.15, 0.2) is 42.5 Å². The van der Waals surface area contributed by atoms with Gasteiger partial charge in [0.25, 0.3) is 5.91 Å². The first-order valence-corrected chi connectivity index (χ1v) is 13.3. The number of aromatic nitrogens is 1. The van der Waals surface area contributed by atoms with Crippen LogP contribution < -0.4 is 14.4 Å². The highest BCUT2D eigenvalue weighted by atomic mass is 32.1. The number of morpholine rings is 1. The van der Waals surface area contributed by atoms with Gasteiger partial charge in [-0.15, -0.1) is 0 Å². The van der Waals surface area contributed by atoms with Crippen molar-refractivity contribution in [2.75, 3.05) is 58.0 Å². The van der Waals surface area contributed by atoms with E-state index in [1.54, 1.807) is 7.11 Å². The minimum absolute atomic E-state index is 0.0458. The van der Waals surface area contributed by atoms with Crippen molar-refractivity contribution in [1.82, 2.24) is 9.88 Å². The van der Waals surface area contributed by atoms with E-state index in [4.69, 9.17) is 19.2 Å². The number of carbonyl (C=O) groups excluding carboxylic acids is 1. The first-order chi connectivity index (χ1) is 17.2. The van der Waals surface area contributed by atoms with Crippen molar-refractivity contribution >= 4 is 32.6 Å². The van der Waals surface area contributed by atoms with Gasteiger partial charge in [-0.3, -0.25) is 14.6 Å². The number of thiazole rings is 1. The highest BCUT2D eigenvalue weighted by Crippen LogP contribution is 2.32. The molecule has 0 atom stereocenters. The fourth-order valence-corrected chi connectivity index (χ4v) is 5.11. The second kappa shape index (κ2) is 12.9. The maximum Gasteiger partial charge on any atom is 0.260 e. The molecule has 0 bridgehead atoms. The number of unbranched alkanes of at least 4 members (excludes halogenated alkanes) is 2. The third-order valence-corrected chi connectivity index (χ3v) is 7.18. The SMILES string of the molecule is CCCCCOc1ccc(C(=O)N(CCCN2CCOCC2)c2nc3ccc(OC)cc3s2)cc1. The number of ether oxygens (including phenoxy) is 3. The van der Waals surface area contributed by atoms with Crippen molar-refractivity contribution in [2.45, 2.75) is 32.6 Å². The van der Waals surface area contributed by atoms with Crippen LogP contribution >= 0.6 is 11.3 Å². The predicted molar refractivity (Wildman–Crippen MR) is 141 cm³/mol. The van der Waals surface area contributed by atoms with E-state index >= 15 is 0 Å². The molecule has 1 aliphatic rings. The molecule has 0 saturated carbocycles. The number of carbonyl (C=O) groups is 1.